The van der Waals surface area contributed by atoms with E-state index in [1.54, 1.807) is 0 Å². The Bertz CT molecular complexity index is 46.3. The van der Waals surface area contributed by atoms with Crippen LogP contribution >= 0.6 is 12.6 Å². The van der Waals surface area contributed by atoms with Crippen LogP contribution in [0.1, 0.15) is 19.3 Å². The van der Waals surface area contributed by atoms with Gasteiger partial charge >= 0.3 is 0 Å². The van der Waals surface area contributed by atoms with Crippen molar-refractivity contribution in [1.29, 1.82) is 0 Å². The summed E-state index contributed by atoms with van der Waals surface area (Å²) in [5, 5.41) is 0. The molecule has 9 heavy (non-hydrogen) atoms. The van der Waals surface area contributed by atoms with Crippen LogP contribution in [0, 0.1) is 0 Å². The molecule has 0 bridgehead atoms. The minimum atomic E-state index is 0.956. The molecule has 0 aromatic carbocycles. The molecule has 0 unspecified atom stereocenters. The summed E-state index contributed by atoms with van der Waals surface area (Å²) < 4.78 is 5.22. The van der Waals surface area contributed by atoms with E-state index < -0.39 is 0 Å². The lowest BCUT2D eigenvalue weighted by atomic mass is 10.3. The van der Waals surface area contributed by atoms with Crippen molar-refractivity contribution in [2.24, 2.45) is 0 Å². The minimum Gasteiger partial charge on any atom is -0.386 e. The average Bonchev–Trinajstić information content (AvgIpc) is 1.89. The van der Waals surface area contributed by atoms with Crippen LogP contribution < -0.4 is 0 Å². The van der Waals surface area contributed by atoms with E-state index >= 15 is 0 Å². The summed E-state index contributed by atoms with van der Waals surface area (Å²) in [6.07, 6.45) is 4.70. The van der Waals surface area contributed by atoms with E-state index in [0.717, 1.165) is 18.6 Å². The largest absolute Gasteiger partial charge is 0.386 e. The lowest BCUT2D eigenvalue weighted by molar-refractivity contribution is 0.173. The zero-order valence-electron chi connectivity index (χ0n) is 6.10. The number of rotatable bonds is 6. The van der Waals surface area contributed by atoms with Gasteiger partial charge < -0.3 is 4.74 Å². The van der Waals surface area contributed by atoms with Crippen molar-refractivity contribution in [3.8, 4) is 0 Å². The first-order valence-electron chi connectivity index (χ1n) is 3.60. The quantitative estimate of drug-likeness (QED) is 0.340. The van der Waals surface area contributed by atoms with E-state index in [1.165, 1.54) is 29.5 Å². The number of thiol groups is 1. The lowest BCUT2D eigenvalue weighted by Gasteiger charge is -1.98. The summed E-state index contributed by atoms with van der Waals surface area (Å²) in [6.45, 7) is 0.956. The minimum absolute atomic E-state index is 0.956. The third kappa shape index (κ3) is 8.53. The lowest BCUT2D eigenvalue weighted by Crippen LogP contribution is -1.95. The number of ether oxygens (including phenoxy) is 1. The molecule has 3 heteroatoms. The fraction of sp³-hybridized carbons (Fsp3) is 1.00. The highest BCUT2D eigenvalue weighted by molar-refractivity contribution is 7.80. The van der Waals surface area contributed by atoms with Gasteiger partial charge in [0.2, 0.25) is 0 Å². The molecule has 0 saturated heterocycles. The first-order valence-corrected chi connectivity index (χ1v) is 5.65. The number of unbranched alkanes of at least 4 members (excludes halogenated alkanes) is 2. The third-order valence-electron chi connectivity index (χ3n) is 1.15. The second-order valence-electron chi connectivity index (χ2n) is 1.98. The van der Waals surface area contributed by atoms with E-state index in [9.17, 15) is 0 Å². The monoisotopic (exact) mass is 164 g/mol. The van der Waals surface area contributed by atoms with Crippen molar-refractivity contribution in [3.63, 3.8) is 0 Å². The second-order valence-corrected chi connectivity index (χ2v) is 3.01. The molecule has 0 heterocycles. The molecule has 56 valence electrons. The summed E-state index contributed by atoms with van der Waals surface area (Å²) in [6, 6.07) is 0. The molecule has 0 amide bonds. The summed E-state index contributed by atoms with van der Waals surface area (Å²) in [4.78, 5) is 0. The van der Waals surface area contributed by atoms with Gasteiger partial charge in [0.25, 0.3) is 0 Å². The molecule has 0 aliphatic heterocycles. The Morgan fingerprint density at radius 3 is 2.56 bits per heavy atom. The summed E-state index contributed by atoms with van der Waals surface area (Å²) in [5.41, 5.74) is 0. The van der Waals surface area contributed by atoms with Crippen molar-refractivity contribution >= 4 is 22.9 Å². The third-order valence-corrected chi connectivity index (χ3v) is 1.88. The molecule has 0 rings (SSSR count). The molecule has 0 aliphatic carbocycles. The average molecular weight is 164 g/mol. The smallest absolute Gasteiger partial charge is 0.0461 e. The molecule has 0 aromatic rings. The predicted molar refractivity (Wildman–Crippen MR) is 48.5 cm³/mol. The van der Waals surface area contributed by atoms with E-state index in [0.29, 0.717) is 0 Å². The predicted octanol–water partition coefficient (Wildman–Crippen LogP) is 0.426. The Balaban J connectivity index is 2.60. The van der Waals surface area contributed by atoms with Crippen LogP contribution in [0.15, 0.2) is 0 Å². The highest BCUT2D eigenvalue weighted by Crippen LogP contribution is 1.96. The van der Waals surface area contributed by atoms with E-state index in [4.69, 9.17) is 4.74 Å². The molecule has 0 aromatic heterocycles. The van der Waals surface area contributed by atoms with E-state index in [-0.39, 0.29) is 0 Å². The summed E-state index contributed by atoms with van der Waals surface area (Å²) in [7, 11) is 1.17. The fourth-order valence-electron chi connectivity index (χ4n) is 0.637. The van der Waals surface area contributed by atoms with Crippen molar-refractivity contribution in [3.05, 3.63) is 0 Å². The summed E-state index contributed by atoms with van der Waals surface area (Å²) >= 11 is 4.11. The van der Waals surface area contributed by atoms with Gasteiger partial charge in [-0.25, -0.2) is 0 Å². The molecular weight excluding hydrogens is 148 g/mol. The van der Waals surface area contributed by atoms with Gasteiger partial charge in [0.15, 0.2) is 0 Å². The zero-order chi connectivity index (χ0) is 6.95. The molecular formula is C6H16OSSi. The SMILES string of the molecule is [SiH3]COCCCCCS. The van der Waals surface area contributed by atoms with E-state index in [1.807, 2.05) is 0 Å². The Morgan fingerprint density at radius 2 is 2.00 bits per heavy atom. The van der Waals surface area contributed by atoms with Crippen LogP contribution in [0.3, 0.4) is 0 Å². The van der Waals surface area contributed by atoms with Crippen molar-refractivity contribution in [2.75, 3.05) is 18.6 Å². The molecule has 0 fully saturated rings. The van der Waals surface area contributed by atoms with Gasteiger partial charge in [0.05, 0.1) is 0 Å². The summed E-state index contributed by atoms with van der Waals surface area (Å²) in [5.74, 6) is 1.01. The van der Waals surface area contributed by atoms with Crippen molar-refractivity contribution in [2.45, 2.75) is 19.3 Å². The first kappa shape index (κ1) is 9.53. The van der Waals surface area contributed by atoms with Gasteiger partial charge in [-0.05, 0) is 18.6 Å². The van der Waals surface area contributed by atoms with Gasteiger partial charge in [-0.15, -0.1) is 0 Å². The standard InChI is InChI=1S/C6H16OSSi/c8-5-3-1-2-4-7-6-9/h8H,1-6H2,9H3. The molecule has 0 aliphatic rings. The fourth-order valence-corrected chi connectivity index (χ4v) is 1.15. The second kappa shape index (κ2) is 8.53. The molecule has 0 atom stereocenters. The number of hydrogen-bond donors (Lipinski definition) is 1. The van der Waals surface area contributed by atoms with Crippen LogP contribution in [-0.2, 0) is 4.74 Å². The zero-order valence-corrected chi connectivity index (χ0v) is 8.99. The van der Waals surface area contributed by atoms with Crippen molar-refractivity contribution < 1.29 is 4.74 Å². The van der Waals surface area contributed by atoms with Gasteiger partial charge in [0.1, 0.15) is 0 Å². The van der Waals surface area contributed by atoms with Gasteiger partial charge in [-0.3, -0.25) is 0 Å². The van der Waals surface area contributed by atoms with Crippen LogP contribution in [0.2, 0.25) is 0 Å². The molecule has 1 nitrogen and oxygen atoms in total. The Hall–Kier alpha value is 0.527. The Kier molecular flexibility index (Phi) is 9.03. The Labute approximate surface area is 66.0 Å². The first-order chi connectivity index (χ1) is 4.41. The molecule has 0 radical (unpaired) electrons. The van der Waals surface area contributed by atoms with Gasteiger partial charge in [0, 0.05) is 23.1 Å². The normalized spacial score (nSPS) is 10.3. The maximum atomic E-state index is 5.22. The Morgan fingerprint density at radius 1 is 1.22 bits per heavy atom. The van der Waals surface area contributed by atoms with Crippen LogP contribution in [0.4, 0.5) is 0 Å². The van der Waals surface area contributed by atoms with Gasteiger partial charge in [-0.2, -0.15) is 12.6 Å². The molecule has 0 spiro atoms. The topological polar surface area (TPSA) is 9.23 Å². The highest BCUT2D eigenvalue weighted by atomic mass is 32.1. The highest BCUT2D eigenvalue weighted by Gasteiger charge is 1.85. The van der Waals surface area contributed by atoms with Crippen molar-refractivity contribution in [1.82, 2.24) is 0 Å². The molecule has 0 N–H and O–H groups in total. The number of hydrogen-bond acceptors (Lipinski definition) is 2. The maximum absolute atomic E-state index is 5.22. The van der Waals surface area contributed by atoms with Gasteiger partial charge in [-0.1, -0.05) is 6.42 Å². The van der Waals surface area contributed by atoms with Crippen LogP contribution in [-0.4, -0.2) is 28.8 Å². The van der Waals surface area contributed by atoms with Crippen LogP contribution in [0.25, 0.3) is 0 Å². The molecule has 0 saturated carbocycles. The maximum Gasteiger partial charge on any atom is 0.0461 e. The van der Waals surface area contributed by atoms with E-state index in [2.05, 4.69) is 12.6 Å². The van der Waals surface area contributed by atoms with Crippen LogP contribution in [0.5, 0.6) is 0 Å².